The van der Waals surface area contributed by atoms with E-state index in [1.54, 1.807) is 0 Å². The molecule has 0 unspecified atom stereocenters. The van der Waals surface area contributed by atoms with Crippen molar-refractivity contribution in [2.75, 3.05) is 0 Å². The molecule has 0 saturated carbocycles. The molecule has 0 bridgehead atoms. The maximum absolute atomic E-state index is 11.1. The molecule has 1 aromatic carbocycles. The molecule has 13 heavy (non-hydrogen) atoms. The summed E-state index contributed by atoms with van der Waals surface area (Å²) in [6.07, 6.45) is 1.80. The second-order valence-corrected chi connectivity index (χ2v) is 2.56. The van der Waals surface area contributed by atoms with Gasteiger partial charge in [0.05, 0.1) is 0 Å². The molecule has 0 amide bonds. The molecule has 0 aliphatic rings. The Labute approximate surface area is 78.1 Å². The van der Waals surface area contributed by atoms with E-state index in [-0.39, 0.29) is 5.78 Å². The van der Waals surface area contributed by atoms with Crippen molar-refractivity contribution in [3.8, 4) is 11.8 Å². The van der Waals surface area contributed by atoms with E-state index in [0.29, 0.717) is 6.42 Å². The van der Waals surface area contributed by atoms with Gasteiger partial charge in [-0.25, -0.2) is 0 Å². The van der Waals surface area contributed by atoms with Crippen molar-refractivity contribution in [3.05, 3.63) is 48.6 Å². The van der Waals surface area contributed by atoms with Gasteiger partial charge in [0.1, 0.15) is 0 Å². The fourth-order valence-corrected chi connectivity index (χ4v) is 0.957. The van der Waals surface area contributed by atoms with E-state index in [0.717, 1.165) is 5.56 Å². The molecule has 0 aromatic heterocycles. The van der Waals surface area contributed by atoms with Crippen molar-refractivity contribution in [1.29, 1.82) is 0 Å². The molecule has 0 atom stereocenters. The minimum Gasteiger partial charge on any atom is -0.285 e. The van der Waals surface area contributed by atoms with Crippen LogP contribution in [-0.4, -0.2) is 5.78 Å². The van der Waals surface area contributed by atoms with E-state index in [4.69, 9.17) is 0 Å². The van der Waals surface area contributed by atoms with Crippen molar-refractivity contribution in [2.24, 2.45) is 0 Å². The van der Waals surface area contributed by atoms with E-state index in [1.165, 1.54) is 6.08 Å². The summed E-state index contributed by atoms with van der Waals surface area (Å²) in [5.74, 6) is 4.93. The molecule has 0 aliphatic heterocycles. The molecule has 0 radical (unpaired) electrons. The predicted molar refractivity (Wildman–Crippen MR) is 53.1 cm³/mol. The van der Waals surface area contributed by atoms with Crippen molar-refractivity contribution < 1.29 is 4.79 Å². The van der Waals surface area contributed by atoms with E-state index >= 15 is 0 Å². The third kappa shape index (κ3) is 3.39. The van der Waals surface area contributed by atoms with Gasteiger partial charge in [-0.05, 0) is 17.6 Å². The first-order valence-electron chi connectivity index (χ1n) is 4.02. The van der Waals surface area contributed by atoms with Gasteiger partial charge in [0, 0.05) is 6.42 Å². The van der Waals surface area contributed by atoms with E-state index in [1.807, 2.05) is 30.3 Å². The van der Waals surface area contributed by atoms with Crippen LogP contribution in [0, 0.1) is 11.8 Å². The van der Waals surface area contributed by atoms with Crippen molar-refractivity contribution in [3.63, 3.8) is 0 Å². The van der Waals surface area contributed by atoms with Crippen molar-refractivity contribution in [2.45, 2.75) is 6.42 Å². The number of ketones is 1. The Morgan fingerprint density at radius 1 is 1.38 bits per heavy atom. The third-order valence-electron chi connectivity index (χ3n) is 1.52. The monoisotopic (exact) mass is 170 g/mol. The van der Waals surface area contributed by atoms with E-state index < -0.39 is 0 Å². The molecule has 0 aliphatic carbocycles. The summed E-state index contributed by atoms with van der Waals surface area (Å²) in [5.41, 5.74) is 0.992. The zero-order valence-electron chi connectivity index (χ0n) is 7.29. The first kappa shape index (κ1) is 9.28. The lowest BCUT2D eigenvalue weighted by molar-refractivity contribution is -0.113. The molecule has 64 valence electrons. The Bertz CT molecular complexity index is 352. The summed E-state index contributed by atoms with van der Waals surface area (Å²) in [7, 11) is 0. The van der Waals surface area contributed by atoms with Crippen LogP contribution in [0.1, 0.15) is 5.56 Å². The first-order valence-corrected chi connectivity index (χ1v) is 4.02. The lowest BCUT2D eigenvalue weighted by Crippen LogP contribution is -1.98. The van der Waals surface area contributed by atoms with Crippen LogP contribution in [0.15, 0.2) is 43.0 Å². The van der Waals surface area contributed by atoms with Gasteiger partial charge in [-0.3, -0.25) is 4.79 Å². The van der Waals surface area contributed by atoms with Crippen molar-refractivity contribution in [1.82, 2.24) is 0 Å². The fraction of sp³-hybridized carbons (Fsp3) is 0.0833. The number of hydrogen-bond acceptors (Lipinski definition) is 1. The summed E-state index contributed by atoms with van der Waals surface area (Å²) in [6, 6.07) is 9.55. The maximum Gasteiger partial charge on any atom is 0.210 e. The van der Waals surface area contributed by atoms with Crippen LogP contribution in [0.5, 0.6) is 0 Å². The molecular formula is C12H10O. The number of benzene rings is 1. The van der Waals surface area contributed by atoms with Crippen LogP contribution in [0.3, 0.4) is 0 Å². The number of allylic oxidation sites excluding steroid dienone is 1. The molecule has 0 saturated heterocycles. The molecule has 0 heterocycles. The fourth-order valence-electron chi connectivity index (χ4n) is 0.957. The summed E-state index contributed by atoms with van der Waals surface area (Å²) in [6.45, 7) is 3.41. The second kappa shape index (κ2) is 4.95. The highest BCUT2D eigenvalue weighted by Gasteiger charge is 1.97. The van der Waals surface area contributed by atoms with Gasteiger partial charge in [0.15, 0.2) is 0 Å². The maximum atomic E-state index is 11.1. The van der Waals surface area contributed by atoms with E-state index in [9.17, 15) is 4.79 Å². The van der Waals surface area contributed by atoms with Crippen LogP contribution in [0.2, 0.25) is 0 Å². The third-order valence-corrected chi connectivity index (χ3v) is 1.52. The molecule has 0 spiro atoms. The molecule has 0 fully saturated rings. The number of carbonyl (C=O) groups excluding carboxylic acids is 1. The standard InChI is InChI=1S/C12H10O/c1-2-3-9-12(13)10-11-7-5-4-6-8-11/h2,4-8H,1,10H2. The van der Waals surface area contributed by atoms with Crippen LogP contribution in [-0.2, 0) is 11.2 Å². The van der Waals surface area contributed by atoms with Gasteiger partial charge in [-0.2, -0.15) is 0 Å². The summed E-state index contributed by atoms with van der Waals surface area (Å²) < 4.78 is 0. The van der Waals surface area contributed by atoms with Gasteiger partial charge in [0.2, 0.25) is 5.78 Å². The minimum atomic E-state index is -0.0777. The number of rotatable bonds is 2. The molecule has 0 N–H and O–H groups in total. The van der Waals surface area contributed by atoms with Crippen LogP contribution >= 0.6 is 0 Å². The Hall–Kier alpha value is -1.81. The number of hydrogen-bond donors (Lipinski definition) is 0. The van der Waals surface area contributed by atoms with Gasteiger partial charge in [0.25, 0.3) is 0 Å². The zero-order chi connectivity index (χ0) is 9.52. The Morgan fingerprint density at radius 3 is 2.69 bits per heavy atom. The van der Waals surface area contributed by atoms with Gasteiger partial charge >= 0.3 is 0 Å². The summed E-state index contributed by atoms with van der Waals surface area (Å²) in [4.78, 5) is 11.1. The molecule has 1 rings (SSSR count). The molecule has 1 heteroatoms. The molecular weight excluding hydrogens is 160 g/mol. The lowest BCUT2D eigenvalue weighted by Gasteiger charge is -1.93. The van der Waals surface area contributed by atoms with E-state index in [2.05, 4.69) is 18.4 Å². The van der Waals surface area contributed by atoms with Crippen molar-refractivity contribution >= 4 is 5.78 Å². The Morgan fingerprint density at radius 2 is 2.08 bits per heavy atom. The van der Waals surface area contributed by atoms with Crippen LogP contribution < -0.4 is 0 Å². The van der Waals surface area contributed by atoms with Gasteiger partial charge in [-0.1, -0.05) is 42.8 Å². The SMILES string of the molecule is C=CC#CC(=O)Cc1ccccc1. The highest BCUT2D eigenvalue weighted by Crippen LogP contribution is 1.99. The smallest absolute Gasteiger partial charge is 0.210 e. The normalized spacial score (nSPS) is 8.31. The Balaban J connectivity index is 2.60. The topological polar surface area (TPSA) is 17.1 Å². The number of Topliss-reactive ketones (excluding diaryl/α,β-unsaturated/α-hetero) is 1. The largest absolute Gasteiger partial charge is 0.285 e. The van der Waals surface area contributed by atoms with Gasteiger partial charge in [-0.15, -0.1) is 0 Å². The highest BCUT2D eigenvalue weighted by molar-refractivity contribution is 5.97. The number of carbonyl (C=O) groups is 1. The average molecular weight is 170 g/mol. The van der Waals surface area contributed by atoms with Gasteiger partial charge < -0.3 is 0 Å². The quantitative estimate of drug-likeness (QED) is 0.490. The zero-order valence-corrected chi connectivity index (χ0v) is 7.29. The summed E-state index contributed by atoms with van der Waals surface area (Å²) >= 11 is 0. The molecule has 1 nitrogen and oxygen atoms in total. The highest BCUT2D eigenvalue weighted by atomic mass is 16.1. The minimum absolute atomic E-state index is 0.0777. The van der Waals surface area contributed by atoms with Crippen LogP contribution in [0.4, 0.5) is 0 Å². The lowest BCUT2D eigenvalue weighted by atomic mass is 10.1. The Kier molecular flexibility index (Phi) is 3.53. The summed E-state index contributed by atoms with van der Waals surface area (Å²) in [5, 5.41) is 0. The predicted octanol–water partition coefficient (Wildman–Crippen LogP) is 1.99. The van der Waals surface area contributed by atoms with Crippen LogP contribution in [0.25, 0.3) is 0 Å². The average Bonchev–Trinajstić information content (AvgIpc) is 2.16. The first-order chi connectivity index (χ1) is 6.33. The second-order valence-electron chi connectivity index (χ2n) is 2.56. The molecule has 1 aromatic rings.